The van der Waals surface area contributed by atoms with Crippen LogP contribution in [0.3, 0.4) is 0 Å². The molecule has 1 saturated carbocycles. The van der Waals surface area contributed by atoms with Crippen molar-refractivity contribution in [2.45, 2.75) is 52.0 Å². The molecule has 0 spiro atoms. The van der Waals surface area contributed by atoms with Gasteiger partial charge in [-0.25, -0.2) is 4.99 Å². The lowest BCUT2D eigenvalue weighted by Gasteiger charge is -2.20. The fraction of sp³-hybridized carbons (Fsp3) is 0.476. The average molecular weight is 350 g/mol. The molecule has 1 aliphatic heterocycles. The Morgan fingerprint density at radius 3 is 2.65 bits per heavy atom. The second kappa shape index (κ2) is 7.44. The van der Waals surface area contributed by atoms with E-state index in [1.807, 2.05) is 41.9 Å². The molecule has 0 radical (unpaired) electrons. The van der Waals surface area contributed by atoms with E-state index in [0.29, 0.717) is 24.7 Å². The SMILES string of the molecule is CCn1nc(CC2CCCCC2)c2c1C(=O)NCC(c1ccccc1)=N2. The lowest BCUT2D eigenvalue weighted by Crippen LogP contribution is -2.29. The summed E-state index contributed by atoms with van der Waals surface area (Å²) in [5.41, 5.74) is 4.33. The topological polar surface area (TPSA) is 59.3 Å². The van der Waals surface area contributed by atoms with Gasteiger partial charge in [0.2, 0.25) is 0 Å². The minimum Gasteiger partial charge on any atom is -0.345 e. The van der Waals surface area contributed by atoms with Crippen molar-refractivity contribution in [2.75, 3.05) is 6.54 Å². The number of benzene rings is 1. The monoisotopic (exact) mass is 350 g/mol. The van der Waals surface area contributed by atoms with Crippen LogP contribution in [0.2, 0.25) is 0 Å². The number of rotatable bonds is 4. The Morgan fingerprint density at radius 2 is 1.92 bits per heavy atom. The molecule has 136 valence electrons. The molecule has 5 nitrogen and oxygen atoms in total. The summed E-state index contributed by atoms with van der Waals surface area (Å²) >= 11 is 0. The Hall–Kier alpha value is -2.43. The number of aryl methyl sites for hydroxylation is 1. The maximum absolute atomic E-state index is 12.7. The van der Waals surface area contributed by atoms with Crippen LogP contribution in [0.4, 0.5) is 5.69 Å². The minimum atomic E-state index is -0.0704. The number of aliphatic imine (C=N–C) groups is 1. The highest BCUT2D eigenvalue weighted by Crippen LogP contribution is 2.33. The van der Waals surface area contributed by atoms with Gasteiger partial charge >= 0.3 is 0 Å². The summed E-state index contributed by atoms with van der Waals surface area (Å²) in [5.74, 6) is 0.591. The molecule has 0 bridgehead atoms. The summed E-state index contributed by atoms with van der Waals surface area (Å²) in [6.07, 6.45) is 7.40. The molecule has 2 aromatic rings. The molecule has 26 heavy (non-hydrogen) atoms. The Kier molecular flexibility index (Phi) is 4.87. The van der Waals surface area contributed by atoms with Crippen LogP contribution < -0.4 is 5.32 Å². The smallest absolute Gasteiger partial charge is 0.272 e. The lowest BCUT2D eigenvalue weighted by atomic mass is 9.86. The van der Waals surface area contributed by atoms with Crippen LogP contribution >= 0.6 is 0 Å². The van der Waals surface area contributed by atoms with Crippen LogP contribution in [0.15, 0.2) is 35.3 Å². The molecular formula is C21H26N4O. The summed E-state index contributed by atoms with van der Waals surface area (Å²) < 4.78 is 1.82. The van der Waals surface area contributed by atoms with Crippen molar-refractivity contribution in [2.24, 2.45) is 10.9 Å². The van der Waals surface area contributed by atoms with Crippen LogP contribution in [0.1, 0.15) is 60.8 Å². The average Bonchev–Trinajstić information content (AvgIpc) is 2.93. The zero-order chi connectivity index (χ0) is 17.9. The molecule has 1 N–H and O–H groups in total. The molecule has 1 aromatic heterocycles. The van der Waals surface area contributed by atoms with E-state index >= 15 is 0 Å². The van der Waals surface area contributed by atoms with Gasteiger partial charge in [-0.1, -0.05) is 62.4 Å². The Bertz CT molecular complexity index is 816. The van der Waals surface area contributed by atoms with Gasteiger partial charge in [-0.15, -0.1) is 0 Å². The number of fused-ring (bicyclic) bond motifs is 1. The number of hydrogen-bond donors (Lipinski definition) is 1. The van der Waals surface area contributed by atoms with E-state index in [-0.39, 0.29) is 5.91 Å². The highest BCUT2D eigenvalue weighted by atomic mass is 16.2. The quantitative estimate of drug-likeness (QED) is 0.909. The molecule has 1 aromatic carbocycles. The third-order valence-electron chi connectivity index (χ3n) is 5.49. The predicted molar refractivity (Wildman–Crippen MR) is 103 cm³/mol. The summed E-state index contributed by atoms with van der Waals surface area (Å²) in [4.78, 5) is 17.7. The molecule has 1 amide bonds. The minimum absolute atomic E-state index is 0.0704. The number of aromatic nitrogens is 2. The number of carbonyl (C=O) groups excluding carboxylic acids is 1. The van der Waals surface area contributed by atoms with Gasteiger partial charge in [0, 0.05) is 6.54 Å². The molecule has 4 rings (SSSR count). The number of nitrogens with one attached hydrogen (secondary N) is 1. The molecule has 0 unspecified atom stereocenters. The van der Waals surface area contributed by atoms with Crippen LogP contribution in [-0.4, -0.2) is 27.9 Å². The van der Waals surface area contributed by atoms with Crippen LogP contribution in [-0.2, 0) is 13.0 Å². The van der Waals surface area contributed by atoms with E-state index in [0.717, 1.165) is 29.1 Å². The van der Waals surface area contributed by atoms with E-state index in [2.05, 4.69) is 5.32 Å². The van der Waals surface area contributed by atoms with E-state index in [1.165, 1.54) is 32.1 Å². The van der Waals surface area contributed by atoms with Crippen molar-refractivity contribution in [3.8, 4) is 0 Å². The first-order valence-electron chi connectivity index (χ1n) is 9.77. The van der Waals surface area contributed by atoms with Gasteiger partial charge in [-0.05, 0) is 24.8 Å². The summed E-state index contributed by atoms with van der Waals surface area (Å²) in [6, 6.07) is 10.1. The van der Waals surface area contributed by atoms with Crippen molar-refractivity contribution in [1.82, 2.24) is 15.1 Å². The summed E-state index contributed by atoms with van der Waals surface area (Å²) in [6.45, 7) is 3.15. The van der Waals surface area contributed by atoms with Gasteiger partial charge in [0.1, 0.15) is 5.69 Å². The van der Waals surface area contributed by atoms with E-state index in [4.69, 9.17) is 10.1 Å². The van der Waals surface area contributed by atoms with Gasteiger partial charge in [-0.2, -0.15) is 5.10 Å². The van der Waals surface area contributed by atoms with Gasteiger partial charge in [0.05, 0.1) is 18.0 Å². The first-order chi connectivity index (χ1) is 12.8. The first kappa shape index (κ1) is 17.0. The molecule has 1 aliphatic carbocycles. The zero-order valence-electron chi connectivity index (χ0n) is 15.4. The van der Waals surface area contributed by atoms with E-state index in [9.17, 15) is 4.79 Å². The third-order valence-corrected chi connectivity index (χ3v) is 5.49. The van der Waals surface area contributed by atoms with Gasteiger partial charge in [0.25, 0.3) is 5.91 Å². The summed E-state index contributed by atoms with van der Waals surface area (Å²) in [7, 11) is 0. The van der Waals surface area contributed by atoms with Crippen molar-refractivity contribution in [3.63, 3.8) is 0 Å². The van der Waals surface area contributed by atoms with Crippen LogP contribution in [0.5, 0.6) is 0 Å². The Morgan fingerprint density at radius 1 is 1.15 bits per heavy atom. The molecular weight excluding hydrogens is 324 g/mol. The van der Waals surface area contributed by atoms with Crippen molar-refractivity contribution < 1.29 is 4.79 Å². The lowest BCUT2D eigenvalue weighted by molar-refractivity contribution is 0.0950. The Balaban J connectivity index is 1.76. The first-order valence-corrected chi connectivity index (χ1v) is 9.77. The molecule has 2 heterocycles. The second-order valence-corrected chi connectivity index (χ2v) is 7.28. The number of amides is 1. The van der Waals surface area contributed by atoms with Crippen molar-refractivity contribution in [1.29, 1.82) is 0 Å². The molecule has 2 aliphatic rings. The predicted octanol–water partition coefficient (Wildman–Crippen LogP) is 3.89. The molecule has 1 fully saturated rings. The van der Waals surface area contributed by atoms with Gasteiger partial charge in [-0.3, -0.25) is 9.48 Å². The summed E-state index contributed by atoms with van der Waals surface area (Å²) in [5, 5.41) is 7.78. The largest absolute Gasteiger partial charge is 0.345 e. The maximum atomic E-state index is 12.7. The van der Waals surface area contributed by atoms with Gasteiger partial charge in [0.15, 0.2) is 5.69 Å². The molecule has 0 saturated heterocycles. The fourth-order valence-electron chi connectivity index (χ4n) is 4.09. The number of nitrogens with zero attached hydrogens (tertiary/aromatic N) is 3. The normalized spacial score (nSPS) is 18.0. The second-order valence-electron chi connectivity index (χ2n) is 7.28. The van der Waals surface area contributed by atoms with Crippen molar-refractivity contribution in [3.05, 3.63) is 47.3 Å². The number of hydrogen-bond acceptors (Lipinski definition) is 3. The maximum Gasteiger partial charge on any atom is 0.272 e. The standard InChI is InChI=1S/C21H26N4O/c1-2-25-20-19(17(24-25)13-15-9-5-3-6-10-15)23-18(14-22-21(20)26)16-11-7-4-8-12-16/h4,7-8,11-12,15H,2-3,5-6,9-10,13-14H2,1H3,(H,22,26). The van der Waals surface area contributed by atoms with E-state index < -0.39 is 0 Å². The van der Waals surface area contributed by atoms with Crippen LogP contribution in [0.25, 0.3) is 0 Å². The molecule has 0 atom stereocenters. The molecule has 5 heteroatoms. The third kappa shape index (κ3) is 3.30. The highest BCUT2D eigenvalue weighted by Gasteiger charge is 2.28. The Labute approximate surface area is 154 Å². The van der Waals surface area contributed by atoms with E-state index in [1.54, 1.807) is 0 Å². The van der Waals surface area contributed by atoms with Gasteiger partial charge < -0.3 is 5.32 Å². The zero-order valence-corrected chi connectivity index (χ0v) is 15.4. The number of carbonyl (C=O) groups is 1. The van der Waals surface area contributed by atoms with Crippen molar-refractivity contribution >= 4 is 17.3 Å². The van der Waals surface area contributed by atoms with Crippen LogP contribution in [0, 0.1) is 5.92 Å². The fourth-order valence-corrected chi connectivity index (χ4v) is 4.09. The highest BCUT2D eigenvalue weighted by molar-refractivity contribution is 6.10.